The molecule has 2 aliphatic heterocycles. The topological polar surface area (TPSA) is 85.2 Å². The van der Waals surface area contributed by atoms with Crippen molar-refractivity contribution in [1.82, 2.24) is 14.3 Å². The fraction of sp³-hybridized carbons (Fsp3) is 0.478. The molecule has 4 heterocycles. The normalized spacial score (nSPS) is 19.9. The summed E-state index contributed by atoms with van der Waals surface area (Å²) in [5.41, 5.74) is 1.58. The lowest BCUT2D eigenvalue weighted by atomic mass is 10.2. The molecule has 0 bridgehead atoms. The molecule has 176 valence electrons. The Labute approximate surface area is 202 Å². The van der Waals surface area contributed by atoms with E-state index in [1.54, 1.807) is 17.2 Å². The molecular weight excluding hydrogens is 460 g/mol. The Balaban J connectivity index is 1.66. The number of amides is 1. The number of ether oxygens (including phenoxy) is 2. The minimum atomic E-state index is -0.236. The average Bonchev–Trinajstić information content (AvgIpc) is 3.40. The quantitative estimate of drug-likeness (QED) is 0.327. The summed E-state index contributed by atoms with van der Waals surface area (Å²) in [4.78, 5) is 33.2. The van der Waals surface area contributed by atoms with Crippen LogP contribution in [0.3, 0.4) is 0 Å². The Hall–Kier alpha value is -2.27. The number of fused-ring (bicyclic) bond motifs is 1. The molecule has 0 radical (unpaired) electrons. The number of aryl methyl sites for hydroxylation is 1. The maximum atomic E-state index is 13.4. The molecule has 8 nitrogen and oxygen atoms in total. The number of nitrogens with one attached hydrogen (secondary N) is 1. The van der Waals surface area contributed by atoms with Gasteiger partial charge in [0.05, 0.1) is 23.1 Å². The van der Waals surface area contributed by atoms with Crippen LogP contribution in [0.4, 0.5) is 5.82 Å². The number of aromatic nitrogens is 2. The van der Waals surface area contributed by atoms with Crippen LogP contribution in [0.25, 0.3) is 11.7 Å². The minimum absolute atomic E-state index is 0.00496. The van der Waals surface area contributed by atoms with Crippen LogP contribution < -0.4 is 10.9 Å². The van der Waals surface area contributed by atoms with Gasteiger partial charge in [0.15, 0.2) is 0 Å². The number of thiocarbonyl (C=S) groups is 1. The summed E-state index contributed by atoms with van der Waals surface area (Å²) < 4.78 is 13.1. The first kappa shape index (κ1) is 23.9. The molecule has 0 saturated carbocycles. The number of pyridine rings is 1. The number of nitrogens with zero attached hydrogens (tertiary/aromatic N) is 3. The van der Waals surface area contributed by atoms with E-state index >= 15 is 0 Å². The average molecular weight is 489 g/mol. The van der Waals surface area contributed by atoms with Gasteiger partial charge in [-0.1, -0.05) is 30.0 Å². The maximum absolute atomic E-state index is 13.4. The van der Waals surface area contributed by atoms with Gasteiger partial charge in [-0.25, -0.2) is 4.98 Å². The predicted molar refractivity (Wildman–Crippen MR) is 135 cm³/mol. The van der Waals surface area contributed by atoms with Crippen LogP contribution >= 0.6 is 24.0 Å². The fourth-order valence-corrected chi connectivity index (χ4v) is 5.14. The van der Waals surface area contributed by atoms with Crippen molar-refractivity contribution in [3.05, 3.63) is 44.7 Å². The zero-order chi connectivity index (χ0) is 23.4. The van der Waals surface area contributed by atoms with Gasteiger partial charge in [-0.05, 0) is 50.8 Å². The van der Waals surface area contributed by atoms with Crippen molar-refractivity contribution < 1.29 is 14.3 Å². The van der Waals surface area contributed by atoms with Crippen molar-refractivity contribution in [2.45, 2.75) is 39.2 Å². The van der Waals surface area contributed by atoms with E-state index in [4.69, 9.17) is 26.7 Å². The number of rotatable bonds is 9. The molecule has 2 fully saturated rings. The van der Waals surface area contributed by atoms with E-state index < -0.39 is 0 Å². The van der Waals surface area contributed by atoms with Gasteiger partial charge in [0.25, 0.3) is 11.5 Å². The largest absolute Gasteiger partial charge is 0.382 e. The van der Waals surface area contributed by atoms with E-state index in [9.17, 15) is 9.59 Å². The third-order valence-corrected chi connectivity index (χ3v) is 6.98. The second-order valence-electron chi connectivity index (χ2n) is 7.97. The van der Waals surface area contributed by atoms with Gasteiger partial charge in [0.1, 0.15) is 15.8 Å². The van der Waals surface area contributed by atoms with E-state index in [0.717, 1.165) is 24.8 Å². The predicted octanol–water partition coefficient (Wildman–Crippen LogP) is 3.22. The molecule has 2 aromatic heterocycles. The minimum Gasteiger partial charge on any atom is -0.382 e. The van der Waals surface area contributed by atoms with Gasteiger partial charge in [-0.15, -0.1) is 0 Å². The smallest absolute Gasteiger partial charge is 0.267 e. The van der Waals surface area contributed by atoms with Crippen molar-refractivity contribution in [1.29, 1.82) is 0 Å². The Morgan fingerprint density at radius 2 is 2.27 bits per heavy atom. The summed E-state index contributed by atoms with van der Waals surface area (Å²) in [6.45, 7) is 6.90. The van der Waals surface area contributed by atoms with Gasteiger partial charge < -0.3 is 14.8 Å². The lowest BCUT2D eigenvalue weighted by molar-refractivity contribution is -0.123. The van der Waals surface area contributed by atoms with Crippen molar-refractivity contribution >= 4 is 51.7 Å². The molecule has 4 rings (SSSR count). The molecule has 1 amide bonds. The second kappa shape index (κ2) is 10.8. The van der Waals surface area contributed by atoms with Crippen molar-refractivity contribution in [3.63, 3.8) is 0 Å². The second-order valence-corrected chi connectivity index (χ2v) is 9.64. The van der Waals surface area contributed by atoms with Gasteiger partial charge in [0, 0.05) is 32.6 Å². The van der Waals surface area contributed by atoms with E-state index in [2.05, 4.69) is 5.32 Å². The van der Waals surface area contributed by atoms with Crippen LogP contribution in [-0.2, 0) is 14.3 Å². The molecule has 0 aromatic carbocycles. The van der Waals surface area contributed by atoms with Gasteiger partial charge in [0.2, 0.25) is 0 Å². The van der Waals surface area contributed by atoms with Crippen LogP contribution in [0.15, 0.2) is 28.0 Å². The number of thioether (sulfide) groups is 1. The molecule has 2 aromatic rings. The van der Waals surface area contributed by atoms with E-state index in [-0.39, 0.29) is 17.6 Å². The number of carbonyl (C=O) groups excluding carboxylic acids is 1. The highest BCUT2D eigenvalue weighted by atomic mass is 32.2. The highest BCUT2D eigenvalue weighted by Crippen LogP contribution is 2.34. The highest BCUT2D eigenvalue weighted by Gasteiger charge is 2.35. The van der Waals surface area contributed by atoms with Crippen molar-refractivity contribution in [2.24, 2.45) is 0 Å². The van der Waals surface area contributed by atoms with Gasteiger partial charge in [-0.3, -0.25) is 18.9 Å². The maximum Gasteiger partial charge on any atom is 0.267 e. The molecule has 0 spiro atoms. The first-order valence-corrected chi connectivity index (χ1v) is 12.4. The molecular formula is C23H28N4O4S2. The lowest BCUT2D eigenvalue weighted by Crippen LogP contribution is -2.35. The van der Waals surface area contributed by atoms with Crippen LogP contribution in [0.2, 0.25) is 0 Å². The first-order chi connectivity index (χ1) is 16.0. The Morgan fingerprint density at radius 1 is 1.42 bits per heavy atom. The zero-order valence-corrected chi connectivity index (χ0v) is 20.5. The standard InChI is InChI=1S/C23H28N4O4S2/c1-3-30-11-6-9-24-19-17(21(28)26-10-4-7-15(2)20(26)25-19)13-18-22(29)27(23(32)33-18)14-16-8-5-12-31-16/h4,7,10,13,16,24H,3,5-6,8-9,11-12,14H2,1-2H3/b18-13-/t16-/m0/s1. The number of hydrogen-bond acceptors (Lipinski definition) is 8. The van der Waals surface area contributed by atoms with Crippen molar-refractivity contribution in [3.8, 4) is 0 Å². The molecule has 1 atom stereocenters. The monoisotopic (exact) mass is 488 g/mol. The third-order valence-electron chi connectivity index (χ3n) is 5.61. The van der Waals surface area contributed by atoms with Gasteiger partial charge in [-0.2, -0.15) is 0 Å². The molecule has 10 heteroatoms. The SMILES string of the molecule is CCOCCCNc1nc2c(C)cccn2c(=O)c1/C=C1\SC(=S)N(C[C@@H]2CCCO2)C1=O. The van der Waals surface area contributed by atoms with Gasteiger partial charge >= 0.3 is 0 Å². The summed E-state index contributed by atoms with van der Waals surface area (Å²) in [5.74, 6) is 0.256. The third kappa shape index (κ3) is 5.29. The fourth-order valence-electron chi connectivity index (χ4n) is 3.88. The van der Waals surface area contributed by atoms with Crippen LogP contribution in [0, 0.1) is 6.92 Å². The molecule has 33 heavy (non-hydrogen) atoms. The molecule has 0 unspecified atom stereocenters. The summed E-state index contributed by atoms with van der Waals surface area (Å²) in [6.07, 6.45) is 5.99. The Bertz CT molecular complexity index is 1140. The Kier molecular flexibility index (Phi) is 7.79. The van der Waals surface area contributed by atoms with E-state index in [0.29, 0.717) is 59.2 Å². The Morgan fingerprint density at radius 3 is 3.03 bits per heavy atom. The molecule has 2 saturated heterocycles. The summed E-state index contributed by atoms with van der Waals surface area (Å²) >= 11 is 6.67. The van der Waals surface area contributed by atoms with Crippen LogP contribution in [-0.4, -0.2) is 63.5 Å². The highest BCUT2D eigenvalue weighted by molar-refractivity contribution is 8.26. The zero-order valence-electron chi connectivity index (χ0n) is 18.8. The lowest BCUT2D eigenvalue weighted by Gasteiger charge is -2.18. The molecule has 0 aliphatic carbocycles. The summed E-state index contributed by atoms with van der Waals surface area (Å²) in [5, 5.41) is 3.27. The molecule has 2 aliphatic rings. The number of hydrogen-bond donors (Lipinski definition) is 1. The molecule has 1 N–H and O–H groups in total. The van der Waals surface area contributed by atoms with E-state index in [1.165, 1.54) is 16.2 Å². The van der Waals surface area contributed by atoms with E-state index in [1.807, 2.05) is 26.0 Å². The summed E-state index contributed by atoms with van der Waals surface area (Å²) in [7, 11) is 0. The number of carbonyl (C=O) groups is 1. The number of anilines is 1. The summed E-state index contributed by atoms with van der Waals surface area (Å²) in [6, 6.07) is 3.72. The van der Waals surface area contributed by atoms with Crippen LogP contribution in [0.1, 0.15) is 37.3 Å². The first-order valence-electron chi connectivity index (χ1n) is 11.2. The van der Waals surface area contributed by atoms with Crippen molar-refractivity contribution in [2.75, 3.05) is 38.2 Å². The van der Waals surface area contributed by atoms with Crippen LogP contribution in [0.5, 0.6) is 0 Å².